The van der Waals surface area contributed by atoms with Crippen LogP contribution >= 0.6 is 23.8 Å². The molecule has 0 amide bonds. The SMILES string of the molecule is CCCCCCC(=O)CCCCCCCCCCCOCC(COP(=O)(O)OCCBr)OC. The third-order valence-corrected chi connectivity index (χ3v) is 6.75. The van der Waals surface area contributed by atoms with Gasteiger partial charge in [-0.05, 0) is 19.3 Å². The standard InChI is InChI=1S/C24H48BrO7P/c1-3-4-5-13-16-23(26)17-14-11-9-7-6-8-10-12-15-19-30-21-24(29-2)22-32-33(27,28)31-20-18-25/h24H,3-22H2,1-2H3,(H,27,28). The Kier molecular flexibility index (Phi) is 24.0. The van der Waals surface area contributed by atoms with Gasteiger partial charge in [0.2, 0.25) is 0 Å². The molecule has 0 aliphatic carbocycles. The summed E-state index contributed by atoms with van der Waals surface area (Å²) in [5, 5.41) is 0.458. The van der Waals surface area contributed by atoms with Gasteiger partial charge in [-0.1, -0.05) is 87.1 Å². The Labute approximate surface area is 210 Å². The first-order chi connectivity index (χ1) is 15.9. The molecule has 0 spiro atoms. The molecule has 198 valence electrons. The summed E-state index contributed by atoms with van der Waals surface area (Å²) >= 11 is 3.12. The fourth-order valence-corrected chi connectivity index (χ4v) is 4.56. The van der Waals surface area contributed by atoms with Crippen LogP contribution in [0.5, 0.6) is 0 Å². The van der Waals surface area contributed by atoms with Crippen molar-refractivity contribution in [2.45, 2.75) is 109 Å². The molecule has 2 atom stereocenters. The Morgan fingerprint density at radius 2 is 1.36 bits per heavy atom. The summed E-state index contributed by atoms with van der Waals surface area (Å²) in [6, 6.07) is 0. The van der Waals surface area contributed by atoms with Crippen molar-refractivity contribution in [1.82, 2.24) is 0 Å². The van der Waals surface area contributed by atoms with E-state index in [1.54, 1.807) is 0 Å². The van der Waals surface area contributed by atoms with E-state index >= 15 is 0 Å². The predicted molar refractivity (Wildman–Crippen MR) is 137 cm³/mol. The smallest absolute Gasteiger partial charge is 0.379 e. The molecule has 33 heavy (non-hydrogen) atoms. The zero-order valence-electron chi connectivity index (χ0n) is 20.9. The molecule has 0 fully saturated rings. The van der Waals surface area contributed by atoms with Crippen LogP contribution in [-0.4, -0.2) is 55.6 Å². The number of halogens is 1. The van der Waals surface area contributed by atoms with Crippen LogP contribution in [0.3, 0.4) is 0 Å². The Morgan fingerprint density at radius 1 is 0.818 bits per heavy atom. The third kappa shape index (κ3) is 23.7. The molecular formula is C24H48BrO7P. The summed E-state index contributed by atoms with van der Waals surface area (Å²) in [6.45, 7) is 3.19. The lowest BCUT2D eigenvalue weighted by Crippen LogP contribution is -2.24. The van der Waals surface area contributed by atoms with Gasteiger partial charge < -0.3 is 14.4 Å². The molecule has 0 bridgehead atoms. The molecule has 0 aromatic rings. The van der Waals surface area contributed by atoms with E-state index in [0.717, 1.165) is 38.5 Å². The molecule has 0 aromatic heterocycles. The number of hydrogen-bond acceptors (Lipinski definition) is 6. The van der Waals surface area contributed by atoms with Crippen molar-refractivity contribution in [2.24, 2.45) is 0 Å². The zero-order valence-corrected chi connectivity index (χ0v) is 23.4. The number of Topliss-reactive ketones (excluding diaryl/α,β-unsaturated/α-hetero) is 1. The minimum atomic E-state index is -4.04. The van der Waals surface area contributed by atoms with Gasteiger partial charge in [0.05, 0.1) is 19.8 Å². The van der Waals surface area contributed by atoms with Gasteiger partial charge in [0.15, 0.2) is 0 Å². The van der Waals surface area contributed by atoms with E-state index in [0.29, 0.717) is 24.3 Å². The minimum absolute atomic E-state index is 0.0559. The van der Waals surface area contributed by atoms with E-state index in [-0.39, 0.29) is 13.2 Å². The van der Waals surface area contributed by atoms with Crippen molar-refractivity contribution in [2.75, 3.05) is 38.9 Å². The van der Waals surface area contributed by atoms with Crippen LogP contribution in [0.15, 0.2) is 0 Å². The van der Waals surface area contributed by atoms with Crippen molar-refractivity contribution in [3.8, 4) is 0 Å². The lowest BCUT2D eigenvalue weighted by Gasteiger charge is -2.18. The number of ether oxygens (including phenoxy) is 2. The first kappa shape index (κ1) is 33.2. The second kappa shape index (κ2) is 23.9. The molecule has 0 aliphatic rings. The minimum Gasteiger partial charge on any atom is -0.379 e. The molecule has 0 aromatic carbocycles. The maximum atomic E-state index is 11.8. The van der Waals surface area contributed by atoms with Gasteiger partial charge in [-0.15, -0.1) is 0 Å². The molecule has 0 aliphatic heterocycles. The number of hydrogen-bond donors (Lipinski definition) is 1. The van der Waals surface area contributed by atoms with E-state index in [1.807, 2.05) is 0 Å². The first-order valence-electron chi connectivity index (χ1n) is 12.7. The summed E-state index contributed by atoms with van der Waals surface area (Å²) in [6.07, 6.45) is 16.4. The van der Waals surface area contributed by atoms with Crippen molar-refractivity contribution in [1.29, 1.82) is 0 Å². The van der Waals surface area contributed by atoms with Crippen LogP contribution in [0.4, 0.5) is 0 Å². The van der Waals surface area contributed by atoms with Gasteiger partial charge >= 0.3 is 7.82 Å². The molecule has 2 unspecified atom stereocenters. The summed E-state index contributed by atoms with van der Waals surface area (Å²) in [4.78, 5) is 21.3. The number of phosphoric ester groups is 1. The van der Waals surface area contributed by atoms with Crippen LogP contribution < -0.4 is 0 Å². The first-order valence-corrected chi connectivity index (χ1v) is 15.4. The van der Waals surface area contributed by atoms with Crippen molar-refractivity contribution in [3.05, 3.63) is 0 Å². The topological polar surface area (TPSA) is 91.3 Å². The predicted octanol–water partition coefficient (Wildman–Crippen LogP) is 6.99. The number of rotatable bonds is 26. The lowest BCUT2D eigenvalue weighted by atomic mass is 10.0. The molecule has 7 nitrogen and oxygen atoms in total. The van der Waals surface area contributed by atoms with Crippen LogP contribution in [-0.2, 0) is 27.9 Å². The van der Waals surface area contributed by atoms with Crippen LogP contribution in [0, 0.1) is 0 Å². The van der Waals surface area contributed by atoms with E-state index < -0.39 is 13.9 Å². The van der Waals surface area contributed by atoms with Gasteiger partial charge in [0.1, 0.15) is 11.9 Å². The molecule has 9 heteroatoms. The Hall–Kier alpha value is 0.180. The fraction of sp³-hybridized carbons (Fsp3) is 0.958. The van der Waals surface area contributed by atoms with Gasteiger partial charge in [-0.3, -0.25) is 13.8 Å². The number of carbonyl (C=O) groups is 1. The quantitative estimate of drug-likeness (QED) is 0.0694. The van der Waals surface area contributed by atoms with E-state index in [4.69, 9.17) is 18.5 Å². The zero-order chi connectivity index (χ0) is 24.6. The molecule has 0 saturated carbocycles. The second-order valence-electron chi connectivity index (χ2n) is 8.50. The summed E-state index contributed by atoms with van der Waals surface area (Å²) in [5.41, 5.74) is 0. The Morgan fingerprint density at radius 3 is 1.91 bits per heavy atom. The van der Waals surface area contributed by atoms with Crippen LogP contribution in [0.1, 0.15) is 103 Å². The molecular weight excluding hydrogens is 511 g/mol. The molecule has 0 heterocycles. The van der Waals surface area contributed by atoms with Gasteiger partial charge in [-0.2, -0.15) is 0 Å². The monoisotopic (exact) mass is 558 g/mol. The maximum Gasteiger partial charge on any atom is 0.472 e. The van der Waals surface area contributed by atoms with Crippen LogP contribution in [0.25, 0.3) is 0 Å². The highest BCUT2D eigenvalue weighted by atomic mass is 79.9. The highest BCUT2D eigenvalue weighted by Crippen LogP contribution is 2.43. The summed E-state index contributed by atoms with van der Waals surface area (Å²) in [7, 11) is -2.52. The number of ketones is 1. The Balaban J connectivity index is 3.44. The summed E-state index contributed by atoms with van der Waals surface area (Å²) < 4.78 is 32.1. The number of carbonyl (C=O) groups excluding carboxylic acids is 1. The number of unbranched alkanes of at least 4 members (excludes halogenated alkanes) is 11. The second-order valence-corrected chi connectivity index (χ2v) is 10.7. The molecule has 0 saturated heterocycles. The maximum absolute atomic E-state index is 11.8. The van der Waals surface area contributed by atoms with E-state index in [9.17, 15) is 14.3 Å². The fourth-order valence-electron chi connectivity index (χ4n) is 3.40. The number of phosphoric acid groups is 1. The average molecular weight is 560 g/mol. The molecule has 0 rings (SSSR count). The highest BCUT2D eigenvalue weighted by Gasteiger charge is 2.23. The average Bonchev–Trinajstić information content (AvgIpc) is 2.80. The van der Waals surface area contributed by atoms with Gasteiger partial charge in [-0.25, -0.2) is 4.57 Å². The van der Waals surface area contributed by atoms with Gasteiger partial charge in [0.25, 0.3) is 0 Å². The Bertz CT molecular complexity index is 493. The van der Waals surface area contributed by atoms with Gasteiger partial charge in [0, 0.05) is 31.9 Å². The normalized spacial score (nSPS) is 14.3. The largest absolute Gasteiger partial charge is 0.472 e. The number of methoxy groups -OCH3 is 1. The number of alkyl halides is 1. The van der Waals surface area contributed by atoms with Crippen molar-refractivity contribution < 1.29 is 32.8 Å². The van der Waals surface area contributed by atoms with E-state index in [2.05, 4.69) is 22.9 Å². The molecule has 0 radical (unpaired) electrons. The van der Waals surface area contributed by atoms with Crippen molar-refractivity contribution in [3.63, 3.8) is 0 Å². The lowest BCUT2D eigenvalue weighted by molar-refractivity contribution is -0.119. The highest BCUT2D eigenvalue weighted by molar-refractivity contribution is 9.09. The van der Waals surface area contributed by atoms with E-state index in [1.165, 1.54) is 64.9 Å². The van der Waals surface area contributed by atoms with Crippen molar-refractivity contribution >= 4 is 29.5 Å². The van der Waals surface area contributed by atoms with Crippen LogP contribution in [0.2, 0.25) is 0 Å². The third-order valence-electron chi connectivity index (χ3n) is 5.45. The summed E-state index contributed by atoms with van der Waals surface area (Å²) in [5.74, 6) is 0.449. The molecule has 1 N–H and O–H groups in total.